The van der Waals surface area contributed by atoms with Crippen LogP contribution in [0.1, 0.15) is 6.42 Å². The van der Waals surface area contributed by atoms with E-state index in [1.807, 2.05) is 0 Å². The molecule has 0 aromatic carbocycles. The van der Waals surface area contributed by atoms with Crippen molar-refractivity contribution in [2.24, 2.45) is 11.8 Å². The third kappa shape index (κ3) is 1.09. The second-order valence-electron chi connectivity index (χ2n) is 2.17. The van der Waals surface area contributed by atoms with Gasteiger partial charge >= 0.3 is 5.97 Å². The minimum atomic E-state index is -0.257. The molecule has 0 N–H and O–H groups in total. The number of hydrogen-bond donors (Lipinski definition) is 0. The van der Waals surface area contributed by atoms with Crippen LogP contribution in [0.5, 0.6) is 0 Å². The lowest BCUT2D eigenvalue weighted by atomic mass is 10.3. The van der Waals surface area contributed by atoms with Gasteiger partial charge in [0.25, 0.3) is 0 Å². The van der Waals surface area contributed by atoms with E-state index in [1.54, 1.807) is 0 Å². The molecule has 1 saturated carbocycles. The van der Waals surface area contributed by atoms with Gasteiger partial charge in [-0.1, -0.05) is 0 Å². The van der Waals surface area contributed by atoms with E-state index in [-0.39, 0.29) is 17.8 Å². The summed E-state index contributed by atoms with van der Waals surface area (Å²) in [6, 6.07) is 0. The van der Waals surface area contributed by atoms with Crippen LogP contribution in [0.4, 0.5) is 0 Å². The third-order valence-corrected chi connectivity index (χ3v) is 1.52. The van der Waals surface area contributed by atoms with Gasteiger partial charge in [-0.3, -0.25) is 4.79 Å². The highest BCUT2D eigenvalue weighted by Gasteiger charge is 2.43. The molecule has 1 rings (SSSR count). The monoisotopic (exact) mass is 128 g/mol. The zero-order valence-electron chi connectivity index (χ0n) is 5.16. The maximum Gasteiger partial charge on any atom is 0.309 e. The van der Waals surface area contributed by atoms with Crippen molar-refractivity contribution in [3.63, 3.8) is 0 Å². The normalized spacial score (nSPS) is 31.2. The fraction of sp³-hybridized carbons (Fsp3) is 0.667. The van der Waals surface area contributed by atoms with E-state index in [9.17, 15) is 9.59 Å². The Morgan fingerprint density at radius 3 is 2.78 bits per heavy atom. The van der Waals surface area contributed by atoms with Crippen LogP contribution >= 0.6 is 0 Å². The fourth-order valence-electron chi connectivity index (χ4n) is 0.787. The van der Waals surface area contributed by atoms with Crippen LogP contribution in [0.3, 0.4) is 0 Å². The van der Waals surface area contributed by atoms with E-state index >= 15 is 0 Å². The fourth-order valence-corrected chi connectivity index (χ4v) is 0.787. The van der Waals surface area contributed by atoms with Crippen LogP contribution in [0.15, 0.2) is 0 Å². The van der Waals surface area contributed by atoms with Crippen LogP contribution in [0, 0.1) is 11.8 Å². The smallest absolute Gasteiger partial charge is 0.309 e. The van der Waals surface area contributed by atoms with Gasteiger partial charge in [0, 0.05) is 5.92 Å². The predicted octanol–water partition coefficient (Wildman–Crippen LogP) is -0.00560. The lowest BCUT2D eigenvalue weighted by molar-refractivity contribution is -0.142. The van der Waals surface area contributed by atoms with E-state index in [0.717, 1.165) is 6.29 Å². The molecule has 1 aliphatic carbocycles. The predicted molar refractivity (Wildman–Crippen MR) is 29.7 cm³/mol. The molecule has 0 amide bonds. The summed E-state index contributed by atoms with van der Waals surface area (Å²) < 4.78 is 4.41. The Balaban J connectivity index is 2.33. The molecule has 0 bridgehead atoms. The van der Waals surface area contributed by atoms with Gasteiger partial charge in [-0.05, 0) is 6.42 Å². The van der Waals surface area contributed by atoms with E-state index in [1.165, 1.54) is 7.11 Å². The third-order valence-electron chi connectivity index (χ3n) is 1.52. The number of hydrogen-bond acceptors (Lipinski definition) is 3. The van der Waals surface area contributed by atoms with Crippen molar-refractivity contribution in [1.82, 2.24) is 0 Å². The maximum atomic E-state index is 10.6. The Bertz CT molecular complexity index is 141. The standard InChI is InChI=1S/C6H8O3/c1-9-6(8)5-2-4(5)3-7/h3-5H,2H2,1H3/t4?,5-/m1/s1. The number of esters is 1. The van der Waals surface area contributed by atoms with E-state index in [4.69, 9.17) is 0 Å². The van der Waals surface area contributed by atoms with E-state index in [2.05, 4.69) is 4.74 Å². The van der Waals surface area contributed by atoms with Crippen molar-refractivity contribution in [2.75, 3.05) is 7.11 Å². The molecule has 1 unspecified atom stereocenters. The lowest BCUT2D eigenvalue weighted by Crippen LogP contribution is -2.04. The van der Waals surface area contributed by atoms with Crippen molar-refractivity contribution in [3.05, 3.63) is 0 Å². The second kappa shape index (κ2) is 2.17. The first-order valence-corrected chi connectivity index (χ1v) is 2.82. The molecule has 0 heterocycles. The maximum absolute atomic E-state index is 10.6. The largest absolute Gasteiger partial charge is 0.469 e. The summed E-state index contributed by atoms with van der Waals surface area (Å²) >= 11 is 0. The van der Waals surface area contributed by atoms with Gasteiger partial charge in [0.15, 0.2) is 0 Å². The Kier molecular flexibility index (Phi) is 1.51. The summed E-state index contributed by atoms with van der Waals surface area (Å²) in [5, 5.41) is 0. The number of rotatable bonds is 2. The molecule has 0 saturated heterocycles. The highest BCUT2D eigenvalue weighted by atomic mass is 16.5. The molecule has 1 fully saturated rings. The summed E-state index contributed by atoms with van der Waals surface area (Å²) in [6.45, 7) is 0. The number of aldehydes is 1. The van der Waals surface area contributed by atoms with E-state index in [0.29, 0.717) is 6.42 Å². The van der Waals surface area contributed by atoms with Gasteiger partial charge in [-0.2, -0.15) is 0 Å². The molecule has 2 atom stereocenters. The molecule has 0 spiro atoms. The quantitative estimate of drug-likeness (QED) is 0.388. The summed E-state index contributed by atoms with van der Waals surface area (Å²) in [6.07, 6.45) is 1.48. The minimum absolute atomic E-state index is 0.0579. The molecule has 3 heteroatoms. The summed E-state index contributed by atoms with van der Waals surface area (Å²) in [5.74, 6) is -0.447. The molecule has 1 aliphatic rings. The Morgan fingerprint density at radius 2 is 2.44 bits per heavy atom. The second-order valence-corrected chi connectivity index (χ2v) is 2.17. The molecular formula is C6H8O3. The number of carbonyl (C=O) groups excluding carboxylic acids is 2. The molecule has 50 valence electrons. The Hall–Kier alpha value is -0.860. The van der Waals surface area contributed by atoms with Crippen LogP contribution < -0.4 is 0 Å². The molecule has 0 aromatic heterocycles. The van der Waals surface area contributed by atoms with Gasteiger partial charge in [0.05, 0.1) is 13.0 Å². The van der Waals surface area contributed by atoms with Gasteiger partial charge < -0.3 is 9.53 Å². The molecule has 0 aliphatic heterocycles. The van der Waals surface area contributed by atoms with Crippen molar-refractivity contribution < 1.29 is 14.3 Å². The van der Waals surface area contributed by atoms with Gasteiger partial charge in [-0.25, -0.2) is 0 Å². The van der Waals surface area contributed by atoms with Crippen LogP contribution in [0.25, 0.3) is 0 Å². The van der Waals surface area contributed by atoms with E-state index < -0.39 is 0 Å². The van der Waals surface area contributed by atoms with Gasteiger partial charge in [0.1, 0.15) is 6.29 Å². The van der Waals surface area contributed by atoms with Crippen molar-refractivity contribution in [3.8, 4) is 0 Å². The van der Waals surface area contributed by atoms with Crippen LogP contribution in [-0.2, 0) is 14.3 Å². The Morgan fingerprint density at radius 1 is 1.78 bits per heavy atom. The lowest BCUT2D eigenvalue weighted by Gasteiger charge is -1.91. The van der Waals surface area contributed by atoms with Crippen molar-refractivity contribution >= 4 is 12.3 Å². The van der Waals surface area contributed by atoms with Crippen molar-refractivity contribution in [2.45, 2.75) is 6.42 Å². The van der Waals surface area contributed by atoms with Crippen LogP contribution in [-0.4, -0.2) is 19.4 Å². The number of methoxy groups -OCH3 is 1. The zero-order chi connectivity index (χ0) is 6.85. The zero-order valence-corrected chi connectivity index (χ0v) is 5.16. The van der Waals surface area contributed by atoms with Crippen LogP contribution in [0.2, 0.25) is 0 Å². The Labute approximate surface area is 53.0 Å². The topological polar surface area (TPSA) is 43.4 Å². The first kappa shape index (κ1) is 6.26. The molecule has 9 heavy (non-hydrogen) atoms. The SMILES string of the molecule is COC(=O)[C@@H]1CC1C=O. The molecule has 3 nitrogen and oxygen atoms in total. The first-order chi connectivity index (χ1) is 4.29. The molecular weight excluding hydrogens is 120 g/mol. The van der Waals surface area contributed by atoms with Gasteiger partial charge in [-0.15, -0.1) is 0 Å². The number of carbonyl (C=O) groups is 2. The average Bonchev–Trinajstić information content (AvgIpc) is 2.64. The van der Waals surface area contributed by atoms with Crippen molar-refractivity contribution in [1.29, 1.82) is 0 Å². The summed E-state index contributed by atoms with van der Waals surface area (Å²) in [5.41, 5.74) is 0. The molecule has 0 aromatic rings. The summed E-state index contributed by atoms with van der Waals surface area (Å²) in [4.78, 5) is 20.6. The first-order valence-electron chi connectivity index (χ1n) is 2.82. The highest BCUT2D eigenvalue weighted by Crippen LogP contribution is 2.37. The number of ether oxygens (including phenoxy) is 1. The average molecular weight is 128 g/mol. The highest BCUT2D eigenvalue weighted by molar-refractivity contribution is 5.81. The molecule has 0 radical (unpaired) electrons. The summed E-state index contributed by atoms with van der Waals surface area (Å²) in [7, 11) is 1.34. The minimum Gasteiger partial charge on any atom is -0.469 e. The van der Waals surface area contributed by atoms with Gasteiger partial charge in [0.2, 0.25) is 0 Å².